The first kappa shape index (κ1) is 14.6. The van der Waals surface area contributed by atoms with Gasteiger partial charge in [-0.1, -0.05) is 6.92 Å². The molecule has 0 radical (unpaired) electrons. The highest BCUT2D eigenvalue weighted by Gasteiger charge is 2.09. The first-order valence-corrected chi connectivity index (χ1v) is 7.84. The highest BCUT2D eigenvalue weighted by atomic mass is 32.2. The summed E-state index contributed by atoms with van der Waals surface area (Å²) in [4.78, 5) is 14.8. The van der Waals surface area contributed by atoms with Crippen LogP contribution in [0, 0.1) is 10.1 Å². The molecule has 0 aliphatic carbocycles. The number of hydrogen-bond donors (Lipinski definition) is 1. The fourth-order valence-electron chi connectivity index (χ4n) is 1.98. The topological polar surface area (TPSA) is 68.1 Å². The van der Waals surface area contributed by atoms with E-state index in [2.05, 4.69) is 23.5 Å². The second kappa shape index (κ2) is 6.56. The Hall–Kier alpha value is -1.82. The number of non-ortho nitro benzene ring substituents is 1. The summed E-state index contributed by atoms with van der Waals surface area (Å²) in [7, 11) is 0. The fourth-order valence-corrected chi connectivity index (χ4v) is 2.70. The molecule has 2 rings (SSSR count). The van der Waals surface area contributed by atoms with E-state index in [0.29, 0.717) is 6.04 Å². The van der Waals surface area contributed by atoms with Gasteiger partial charge in [0.25, 0.3) is 5.69 Å². The Morgan fingerprint density at radius 1 is 1.40 bits per heavy atom. The maximum Gasteiger partial charge on any atom is 0.270 e. The van der Waals surface area contributed by atoms with Gasteiger partial charge in [-0.25, -0.2) is 4.98 Å². The van der Waals surface area contributed by atoms with Crippen molar-refractivity contribution >= 4 is 34.2 Å². The van der Waals surface area contributed by atoms with E-state index in [4.69, 9.17) is 0 Å². The van der Waals surface area contributed by atoms with Gasteiger partial charge in [-0.05, 0) is 30.9 Å². The van der Waals surface area contributed by atoms with Gasteiger partial charge in [0.1, 0.15) is 5.82 Å². The van der Waals surface area contributed by atoms with Gasteiger partial charge in [0.2, 0.25) is 0 Å². The van der Waals surface area contributed by atoms with E-state index in [-0.39, 0.29) is 5.69 Å². The van der Waals surface area contributed by atoms with Gasteiger partial charge in [0.05, 0.1) is 10.4 Å². The average molecular weight is 291 g/mol. The molecular weight excluding hydrogens is 274 g/mol. The Bertz CT molecular complexity index is 618. The molecule has 0 aliphatic heterocycles. The van der Waals surface area contributed by atoms with Crippen molar-refractivity contribution in [3.8, 4) is 0 Å². The predicted molar refractivity (Wildman–Crippen MR) is 84.5 cm³/mol. The zero-order valence-corrected chi connectivity index (χ0v) is 12.3. The Kier molecular flexibility index (Phi) is 4.79. The van der Waals surface area contributed by atoms with E-state index in [0.717, 1.165) is 28.9 Å². The van der Waals surface area contributed by atoms with Crippen LogP contribution in [-0.2, 0) is 0 Å². The number of pyridine rings is 1. The smallest absolute Gasteiger partial charge is 0.270 e. The van der Waals surface area contributed by atoms with E-state index in [9.17, 15) is 10.1 Å². The second-order valence-electron chi connectivity index (χ2n) is 4.54. The molecule has 1 unspecified atom stereocenters. The number of rotatable bonds is 6. The molecule has 0 saturated carbocycles. The molecule has 0 amide bonds. The van der Waals surface area contributed by atoms with Gasteiger partial charge in [0, 0.05) is 29.3 Å². The lowest BCUT2D eigenvalue weighted by Crippen LogP contribution is -2.21. The van der Waals surface area contributed by atoms with Crippen molar-refractivity contribution in [2.75, 3.05) is 17.3 Å². The highest BCUT2D eigenvalue weighted by Crippen LogP contribution is 2.21. The second-order valence-corrected chi connectivity index (χ2v) is 5.45. The van der Waals surface area contributed by atoms with Crippen molar-refractivity contribution in [3.63, 3.8) is 0 Å². The van der Waals surface area contributed by atoms with Crippen molar-refractivity contribution in [2.24, 2.45) is 0 Å². The Labute approximate surface area is 121 Å². The van der Waals surface area contributed by atoms with Crippen LogP contribution in [-0.4, -0.2) is 28.0 Å². The lowest BCUT2D eigenvalue weighted by Gasteiger charge is -2.16. The van der Waals surface area contributed by atoms with E-state index < -0.39 is 4.92 Å². The van der Waals surface area contributed by atoms with Crippen molar-refractivity contribution in [1.29, 1.82) is 0 Å². The quantitative estimate of drug-likeness (QED) is 0.649. The van der Waals surface area contributed by atoms with Crippen molar-refractivity contribution < 1.29 is 4.92 Å². The summed E-state index contributed by atoms with van der Waals surface area (Å²) in [6, 6.07) is 8.84. The number of aromatic nitrogens is 1. The van der Waals surface area contributed by atoms with Crippen LogP contribution in [0.1, 0.15) is 13.3 Å². The molecule has 20 heavy (non-hydrogen) atoms. The van der Waals surface area contributed by atoms with Crippen LogP contribution >= 0.6 is 11.8 Å². The third-order valence-corrected chi connectivity index (χ3v) is 3.83. The SMILES string of the molecule is CCC(CSC)Nc1ccc2cc([N+](=O)[O-])ccc2n1. The number of nitrogens with one attached hydrogen (secondary N) is 1. The van der Waals surface area contributed by atoms with Crippen LogP contribution in [0.4, 0.5) is 11.5 Å². The van der Waals surface area contributed by atoms with Gasteiger partial charge in [0.15, 0.2) is 0 Å². The zero-order chi connectivity index (χ0) is 14.5. The molecule has 1 N–H and O–H groups in total. The van der Waals surface area contributed by atoms with Crippen molar-refractivity contribution in [3.05, 3.63) is 40.4 Å². The van der Waals surface area contributed by atoms with E-state index >= 15 is 0 Å². The zero-order valence-electron chi connectivity index (χ0n) is 11.5. The molecule has 1 aromatic carbocycles. The number of benzene rings is 1. The lowest BCUT2D eigenvalue weighted by molar-refractivity contribution is -0.384. The summed E-state index contributed by atoms with van der Waals surface area (Å²) in [6.07, 6.45) is 3.11. The number of nitro groups is 1. The summed E-state index contributed by atoms with van der Waals surface area (Å²) in [5, 5.41) is 14.9. The Morgan fingerprint density at radius 2 is 2.20 bits per heavy atom. The number of anilines is 1. The number of fused-ring (bicyclic) bond motifs is 1. The molecule has 0 bridgehead atoms. The highest BCUT2D eigenvalue weighted by molar-refractivity contribution is 7.98. The first-order chi connectivity index (χ1) is 9.63. The molecule has 1 aromatic heterocycles. The molecule has 0 fully saturated rings. The number of nitro benzene ring substituents is 1. The van der Waals surface area contributed by atoms with E-state index in [1.807, 2.05) is 12.1 Å². The van der Waals surface area contributed by atoms with Gasteiger partial charge in [-0.15, -0.1) is 0 Å². The fraction of sp³-hybridized carbons (Fsp3) is 0.357. The minimum absolute atomic E-state index is 0.0915. The van der Waals surface area contributed by atoms with Crippen LogP contribution in [0.15, 0.2) is 30.3 Å². The summed E-state index contributed by atoms with van der Waals surface area (Å²) in [5.74, 6) is 1.84. The molecule has 0 spiro atoms. The van der Waals surface area contributed by atoms with Crippen molar-refractivity contribution in [1.82, 2.24) is 4.98 Å². The minimum atomic E-state index is -0.392. The van der Waals surface area contributed by atoms with Crippen LogP contribution < -0.4 is 5.32 Å². The van der Waals surface area contributed by atoms with Gasteiger partial charge >= 0.3 is 0 Å². The summed E-state index contributed by atoms with van der Waals surface area (Å²) in [6.45, 7) is 2.14. The third-order valence-electron chi connectivity index (χ3n) is 3.10. The van der Waals surface area contributed by atoms with Gasteiger partial charge in [-0.2, -0.15) is 11.8 Å². The van der Waals surface area contributed by atoms with Crippen LogP contribution in [0.3, 0.4) is 0 Å². The molecule has 1 atom stereocenters. The molecular formula is C14H17N3O2S. The molecule has 5 nitrogen and oxygen atoms in total. The van der Waals surface area contributed by atoms with Crippen LogP contribution in [0.5, 0.6) is 0 Å². The molecule has 106 valence electrons. The largest absolute Gasteiger partial charge is 0.367 e. The normalized spacial score (nSPS) is 12.3. The summed E-state index contributed by atoms with van der Waals surface area (Å²) in [5.41, 5.74) is 0.855. The van der Waals surface area contributed by atoms with E-state index in [1.54, 1.807) is 23.9 Å². The van der Waals surface area contributed by atoms with E-state index in [1.165, 1.54) is 6.07 Å². The molecule has 0 saturated heterocycles. The monoisotopic (exact) mass is 291 g/mol. The number of hydrogen-bond acceptors (Lipinski definition) is 5. The predicted octanol–water partition coefficient (Wildman–Crippen LogP) is 3.70. The Morgan fingerprint density at radius 3 is 2.85 bits per heavy atom. The lowest BCUT2D eigenvalue weighted by atomic mass is 10.2. The molecule has 0 aliphatic rings. The van der Waals surface area contributed by atoms with Crippen LogP contribution in [0.2, 0.25) is 0 Å². The van der Waals surface area contributed by atoms with Crippen LogP contribution in [0.25, 0.3) is 10.9 Å². The minimum Gasteiger partial charge on any atom is -0.367 e. The molecule has 2 aromatic rings. The molecule has 1 heterocycles. The molecule has 6 heteroatoms. The van der Waals surface area contributed by atoms with Crippen molar-refractivity contribution in [2.45, 2.75) is 19.4 Å². The Balaban J connectivity index is 2.25. The van der Waals surface area contributed by atoms with Gasteiger partial charge < -0.3 is 5.32 Å². The number of nitrogens with zero attached hydrogens (tertiary/aromatic N) is 2. The third kappa shape index (κ3) is 3.39. The summed E-state index contributed by atoms with van der Waals surface area (Å²) >= 11 is 1.80. The maximum atomic E-state index is 10.7. The van der Waals surface area contributed by atoms with Gasteiger partial charge in [-0.3, -0.25) is 10.1 Å². The summed E-state index contributed by atoms with van der Waals surface area (Å²) < 4.78 is 0. The maximum absolute atomic E-state index is 10.7. The first-order valence-electron chi connectivity index (χ1n) is 6.44. The average Bonchev–Trinajstić information content (AvgIpc) is 2.46. The standard InChI is InChI=1S/C14H17N3O2S/c1-3-11(9-20-2)15-14-7-4-10-8-12(17(18)19)5-6-13(10)16-14/h4-8,11H,3,9H2,1-2H3,(H,15,16). The number of thioether (sulfide) groups is 1.